The molecule has 0 aliphatic carbocycles. The lowest BCUT2D eigenvalue weighted by Crippen LogP contribution is -2.43. The molecule has 0 aromatic carbocycles. The van der Waals surface area contributed by atoms with E-state index in [1.165, 1.54) is 6.92 Å². The molecule has 0 bridgehead atoms. The van der Waals surface area contributed by atoms with Crippen LogP contribution in [0.4, 0.5) is 4.79 Å². The standard InChI is InChI=1S/C14H21NO3/c1-4-9-18-14(17)15-8-6-5-7-13(15)10-11(2)12(3)16/h4,10,13H,1,5-9H2,2-3H3/b11-10+. The van der Waals surface area contributed by atoms with Crippen LogP contribution in [0, 0.1) is 0 Å². The van der Waals surface area contributed by atoms with Crippen LogP contribution in [0.1, 0.15) is 33.1 Å². The fourth-order valence-electron chi connectivity index (χ4n) is 1.98. The number of rotatable bonds is 4. The number of nitrogens with zero attached hydrogens (tertiary/aromatic N) is 1. The van der Waals surface area contributed by atoms with Crippen molar-refractivity contribution < 1.29 is 14.3 Å². The van der Waals surface area contributed by atoms with E-state index in [9.17, 15) is 9.59 Å². The van der Waals surface area contributed by atoms with Gasteiger partial charge in [0.05, 0.1) is 6.04 Å². The molecule has 1 rings (SSSR count). The molecule has 1 amide bonds. The number of ether oxygens (including phenoxy) is 1. The molecule has 1 atom stereocenters. The number of carbonyl (C=O) groups excluding carboxylic acids is 2. The number of hydrogen-bond acceptors (Lipinski definition) is 3. The van der Waals surface area contributed by atoms with E-state index in [0.29, 0.717) is 12.1 Å². The molecule has 1 aliphatic heterocycles. The third-order valence-electron chi connectivity index (χ3n) is 3.11. The van der Waals surface area contributed by atoms with Crippen molar-refractivity contribution in [1.82, 2.24) is 4.90 Å². The van der Waals surface area contributed by atoms with Gasteiger partial charge in [0, 0.05) is 6.54 Å². The molecule has 4 heteroatoms. The van der Waals surface area contributed by atoms with E-state index in [0.717, 1.165) is 19.3 Å². The van der Waals surface area contributed by atoms with Gasteiger partial charge in [-0.1, -0.05) is 18.7 Å². The van der Waals surface area contributed by atoms with Gasteiger partial charge in [-0.05, 0) is 38.7 Å². The van der Waals surface area contributed by atoms with Gasteiger partial charge in [0.25, 0.3) is 0 Å². The van der Waals surface area contributed by atoms with Gasteiger partial charge in [0.2, 0.25) is 0 Å². The second-order valence-corrected chi connectivity index (χ2v) is 4.53. The number of Topliss-reactive ketones (excluding diaryl/α,β-unsaturated/α-hetero) is 1. The number of likely N-dealkylation sites (tertiary alicyclic amines) is 1. The fraction of sp³-hybridized carbons (Fsp3) is 0.571. The Morgan fingerprint density at radius 1 is 1.39 bits per heavy atom. The SMILES string of the molecule is C=CCOC(=O)N1CCCCC1/C=C(\C)C(C)=O. The van der Waals surface area contributed by atoms with Crippen molar-refractivity contribution in [1.29, 1.82) is 0 Å². The lowest BCUT2D eigenvalue weighted by atomic mass is 9.99. The molecule has 0 saturated carbocycles. The molecule has 18 heavy (non-hydrogen) atoms. The zero-order valence-electron chi connectivity index (χ0n) is 11.1. The van der Waals surface area contributed by atoms with Crippen LogP contribution >= 0.6 is 0 Å². The normalized spacial score (nSPS) is 20.4. The highest BCUT2D eigenvalue weighted by Crippen LogP contribution is 2.20. The Kier molecular flexibility index (Phi) is 5.62. The van der Waals surface area contributed by atoms with Crippen LogP contribution < -0.4 is 0 Å². The van der Waals surface area contributed by atoms with Crippen molar-refractivity contribution in [3.05, 3.63) is 24.3 Å². The zero-order valence-corrected chi connectivity index (χ0v) is 11.1. The minimum atomic E-state index is -0.327. The number of piperidine rings is 1. The Labute approximate surface area is 108 Å². The Balaban J connectivity index is 2.73. The number of carbonyl (C=O) groups is 2. The van der Waals surface area contributed by atoms with Gasteiger partial charge in [-0.15, -0.1) is 0 Å². The monoisotopic (exact) mass is 251 g/mol. The van der Waals surface area contributed by atoms with E-state index in [1.807, 2.05) is 6.08 Å². The maximum absolute atomic E-state index is 11.9. The molecule has 1 aliphatic rings. The molecular formula is C14H21NO3. The molecule has 0 spiro atoms. The van der Waals surface area contributed by atoms with Gasteiger partial charge < -0.3 is 9.64 Å². The Morgan fingerprint density at radius 3 is 2.72 bits per heavy atom. The summed E-state index contributed by atoms with van der Waals surface area (Å²) in [4.78, 5) is 24.8. The van der Waals surface area contributed by atoms with Crippen molar-refractivity contribution in [3.8, 4) is 0 Å². The van der Waals surface area contributed by atoms with Crippen LogP contribution in [0.25, 0.3) is 0 Å². The average Bonchev–Trinajstić information content (AvgIpc) is 2.36. The third-order valence-corrected chi connectivity index (χ3v) is 3.11. The summed E-state index contributed by atoms with van der Waals surface area (Å²) in [5, 5.41) is 0. The Bertz CT molecular complexity index is 360. The van der Waals surface area contributed by atoms with Crippen LogP contribution in [0.2, 0.25) is 0 Å². The Morgan fingerprint density at radius 2 is 2.11 bits per heavy atom. The van der Waals surface area contributed by atoms with Crippen LogP contribution in [0.3, 0.4) is 0 Å². The highest BCUT2D eigenvalue weighted by Gasteiger charge is 2.26. The first-order valence-electron chi connectivity index (χ1n) is 6.30. The molecule has 0 radical (unpaired) electrons. The number of amides is 1. The molecule has 0 aromatic rings. The predicted molar refractivity (Wildman–Crippen MR) is 70.3 cm³/mol. The first-order valence-corrected chi connectivity index (χ1v) is 6.30. The van der Waals surface area contributed by atoms with Gasteiger partial charge in [-0.25, -0.2) is 4.79 Å². The van der Waals surface area contributed by atoms with Crippen LogP contribution in [-0.2, 0) is 9.53 Å². The number of ketones is 1. The summed E-state index contributed by atoms with van der Waals surface area (Å²) in [5.41, 5.74) is 0.698. The van der Waals surface area contributed by atoms with Crippen molar-refractivity contribution in [3.63, 3.8) is 0 Å². The van der Waals surface area contributed by atoms with Gasteiger partial charge in [0.1, 0.15) is 6.61 Å². The summed E-state index contributed by atoms with van der Waals surface area (Å²) in [6, 6.07) is -0.0278. The fourth-order valence-corrected chi connectivity index (χ4v) is 1.98. The predicted octanol–water partition coefficient (Wildman–Crippen LogP) is 2.70. The molecule has 100 valence electrons. The minimum Gasteiger partial charge on any atom is -0.445 e. The zero-order chi connectivity index (χ0) is 13.5. The summed E-state index contributed by atoms with van der Waals surface area (Å²) in [6.45, 7) is 7.74. The first kappa shape index (κ1) is 14.5. The minimum absolute atomic E-state index is 0.0278. The number of hydrogen-bond donors (Lipinski definition) is 0. The Hall–Kier alpha value is -1.58. The largest absolute Gasteiger partial charge is 0.445 e. The molecule has 4 nitrogen and oxygen atoms in total. The summed E-state index contributed by atoms with van der Waals surface area (Å²) >= 11 is 0. The van der Waals surface area contributed by atoms with Crippen molar-refractivity contribution in [2.45, 2.75) is 39.2 Å². The van der Waals surface area contributed by atoms with Crippen molar-refractivity contribution in [2.24, 2.45) is 0 Å². The molecule has 1 fully saturated rings. The lowest BCUT2D eigenvalue weighted by molar-refractivity contribution is -0.113. The van der Waals surface area contributed by atoms with Gasteiger partial charge in [0.15, 0.2) is 5.78 Å². The van der Waals surface area contributed by atoms with Crippen LogP contribution in [0.15, 0.2) is 24.3 Å². The molecule has 1 heterocycles. The second kappa shape index (κ2) is 6.99. The summed E-state index contributed by atoms with van der Waals surface area (Å²) in [5.74, 6) is 0.0417. The quantitative estimate of drug-likeness (QED) is 0.570. The maximum atomic E-state index is 11.9. The molecule has 1 unspecified atom stereocenters. The van der Waals surface area contributed by atoms with E-state index < -0.39 is 0 Å². The van der Waals surface area contributed by atoms with Crippen molar-refractivity contribution in [2.75, 3.05) is 13.2 Å². The van der Waals surface area contributed by atoms with E-state index >= 15 is 0 Å². The average molecular weight is 251 g/mol. The maximum Gasteiger partial charge on any atom is 0.410 e. The van der Waals surface area contributed by atoms with Crippen LogP contribution in [0.5, 0.6) is 0 Å². The molecular weight excluding hydrogens is 230 g/mol. The van der Waals surface area contributed by atoms with E-state index in [2.05, 4.69) is 6.58 Å². The molecule has 0 aromatic heterocycles. The van der Waals surface area contributed by atoms with E-state index in [4.69, 9.17) is 4.74 Å². The summed E-state index contributed by atoms with van der Waals surface area (Å²) in [6.07, 6.45) is 6.02. The second-order valence-electron chi connectivity index (χ2n) is 4.53. The van der Waals surface area contributed by atoms with E-state index in [-0.39, 0.29) is 24.5 Å². The number of allylic oxidation sites excluding steroid dienone is 1. The summed E-state index contributed by atoms with van der Waals surface area (Å²) < 4.78 is 5.06. The van der Waals surface area contributed by atoms with Crippen LogP contribution in [-0.4, -0.2) is 36.0 Å². The smallest absolute Gasteiger partial charge is 0.410 e. The van der Waals surface area contributed by atoms with Gasteiger partial charge in [-0.2, -0.15) is 0 Å². The third kappa shape index (κ3) is 4.02. The molecule has 1 saturated heterocycles. The van der Waals surface area contributed by atoms with Gasteiger partial charge in [-0.3, -0.25) is 4.79 Å². The van der Waals surface area contributed by atoms with E-state index in [1.54, 1.807) is 17.9 Å². The lowest BCUT2D eigenvalue weighted by Gasteiger charge is -2.33. The molecule has 0 N–H and O–H groups in total. The summed E-state index contributed by atoms with van der Waals surface area (Å²) in [7, 11) is 0. The first-order chi connectivity index (χ1) is 8.56. The highest BCUT2D eigenvalue weighted by atomic mass is 16.6. The van der Waals surface area contributed by atoms with Gasteiger partial charge >= 0.3 is 6.09 Å². The van der Waals surface area contributed by atoms with Crippen molar-refractivity contribution >= 4 is 11.9 Å². The topological polar surface area (TPSA) is 46.6 Å². The highest BCUT2D eigenvalue weighted by molar-refractivity contribution is 5.92.